The van der Waals surface area contributed by atoms with E-state index in [1.54, 1.807) is 19.1 Å². The summed E-state index contributed by atoms with van der Waals surface area (Å²) < 4.78 is 0. The van der Waals surface area contributed by atoms with Crippen LogP contribution in [0.1, 0.15) is 5.56 Å². The van der Waals surface area contributed by atoms with Crippen molar-refractivity contribution < 1.29 is 14.7 Å². The number of hydrogen-bond acceptors (Lipinski definition) is 4. The molecule has 1 aromatic rings. The van der Waals surface area contributed by atoms with Gasteiger partial charge in [-0.2, -0.15) is 0 Å². The second-order valence-electron chi connectivity index (χ2n) is 3.59. The number of imide groups is 1. The zero-order valence-electron chi connectivity index (χ0n) is 8.77. The van der Waals surface area contributed by atoms with E-state index in [0.29, 0.717) is 17.2 Å². The van der Waals surface area contributed by atoms with Crippen molar-refractivity contribution in [2.24, 2.45) is 0 Å². The first-order valence-corrected chi connectivity index (χ1v) is 5.98. The summed E-state index contributed by atoms with van der Waals surface area (Å²) in [7, 11) is 0. The van der Waals surface area contributed by atoms with Crippen molar-refractivity contribution in [3.8, 4) is 5.75 Å². The number of phenols is 1. The molecule has 0 unspecified atom stereocenters. The third kappa shape index (κ3) is 1.90. The Balaban J connectivity index is 2.38. The summed E-state index contributed by atoms with van der Waals surface area (Å²) in [5, 5.41) is 9.55. The minimum absolute atomic E-state index is 0.0938. The zero-order chi connectivity index (χ0) is 11.7. The molecule has 2 rings (SSSR count). The molecule has 16 heavy (non-hydrogen) atoms. The first kappa shape index (κ1) is 11.0. The van der Waals surface area contributed by atoms with Crippen LogP contribution in [0.5, 0.6) is 5.75 Å². The molecular formula is C11H11NO3S. The Labute approximate surface area is 97.3 Å². The smallest absolute Gasteiger partial charge is 0.243 e. The molecule has 84 valence electrons. The van der Waals surface area contributed by atoms with Gasteiger partial charge in [0.25, 0.3) is 0 Å². The van der Waals surface area contributed by atoms with Crippen LogP contribution in [0.4, 0.5) is 5.69 Å². The van der Waals surface area contributed by atoms with Crippen molar-refractivity contribution in [1.82, 2.24) is 0 Å². The van der Waals surface area contributed by atoms with Crippen molar-refractivity contribution in [3.05, 3.63) is 23.8 Å². The topological polar surface area (TPSA) is 57.6 Å². The first-order chi connectivity index (χ1) is 7.59. The molecular weight excluding hydrogens is 226 g/mol. The molecule has 4 nitrogen and oxygen atoms in total. The fraction of sp³-hybridized carbons (Fsp3) is 0.273. The van der Waals surface area contributed by atoms with Gasteiger partial charge in [-0.15, -0.1) is 11.8 Å². The Hall–Kier alpha value is -1.49. The van der Waals surface area contributed by atoms with E-state index in [2.05, 4.69) is 0 Å². The number of thioether (sulfide) groups is 1. The standard InChI is InChI=1S/C11H11NO3S/c1-7-2-3-8(4-9(7)13)12-10(14)5-16-6-11(12)15/h2-4,13H,5-6H2,1H3. The fourth-order valence-corrected chi connectivity index (χ4v) is 2.23. The Morgan fingerprint density at radius 2 is 1.88 bits per heavy atom. The summed E-state index contributed by atoms with van der Waals surface area (Å²) in [6, 6.07) is 4.80. The monoisotopic (exact) mass is 237 g/mol. The van der Waals surface area contributed by atoms with Gasteiger partial charge in [-0.25, -0.2) is 4.90 Å². The van der Waals surface area contributed by atoms with Gasteiger partial charge in [0.2, 0.25) is 11.8 Å². The Morgan fingerprint density at radius 3 is 2.44 bits per heavy atom. The molecule has 0 atom stereocenters. The zero-order valence-corrected chi connectivity index (χ0v) is 9.58. The summed E-state index contributed by atoms with van der Waals surface area (Å²) in [5.41, 5.74) is 1.16. The average Bonchev–Trinajstić information content (AvgIpc) is 2.23. The number of nitrogens with zero attached hydrogens (tertiary/aromatic N) is 1. The van der Waals surface area contributed by atoms with Crippen LogP contribution in [-0.4, -0.2) is 28.4 Å². The predicted molar refractivity (Wildman–Crippen MR) is 62.7 cm³/mol. The van der Waals surface area contributed by atoms with Gasteiger partial charge in [-0.05, 0) is 18.6 Å². The van der Waals surface area contributed by atoms with Crippen LogP contribution in [0.15, 0.2) is 18.2 Å². The quantitative estimate of drug-likeness (QED) is 0.748. The van der Waals surface area contributed by atoms with E-state index in [0.717, 1.165) is 10.5 Å². The van der Waals surface area contributed by atoms with Crippen molar-refractivity contribution >= 4 is 29.3 Å². The SMILES string of the molecule is Cc1ccc(N2C(=O)CSCC2=O)cc1O. The van der Waals surface area contributed by atoms with E-state index in [1.165, 1.54) is 17.8 Å². The second-order valence-corrected chi connectivity index (χ2v) is 4.57. The highest BCUT2D eigenvalue weighted by Gasteiger charge is 2.27. The maximum absolute atomic E-state index is 11.6. The van der Waals surface area contributed by atoms with Gasteiger partial charge in [0.1, 0.15) is 5.75 Å². The fourth-order valence-electron chi connectivity index (χ4n) is 1.52. The van der Waals surface area contributed by atoms with Crippen LogP contribution in [0.25, 0.3) is 0 Å². The van der Waals surface area contributed by atoms with Gasteiger partial charge in [0, 0.05) is 6.07 Å². The molecule has 0 radical (unpaired) electrons. The Kier molecular flexibility index (Phi) is 2.87. The van der Waals surface area contributed by atoms with Crippen LogP contribution < -0.4 is 4.90 Å². The summed E-state index contributed by atoms with van der Waals surface area (Å²) in [4.78, 5) is 24.3. The highest BCUT2D eigenvalue weighted by atomic mass is 32.2. The van der Waals surface area contributed by atoms with Crippen LogP contribution in [0.3, 0.4) is 0 Å². The number of aryl methyl sites for hydroxylation is 1. The minimum Gasteiger partial charge on any atom is -0.508 e. The van der Waals surface area contributed by atoms with Crippen molar-refractivity contribution in [2.45, 2.75) is 6.92 Å². The van der Waals surface area contributed by atoms with E-state index in [4.69, 9.17) is 0 Å². The molecule has 0 spiro atoms. The molecule has 2 amide bonds. The molecule has 1 heterocycles. The van der Waals surface area contributed by atoms with Crippen molar-refractivity contribution in [1.29, 1.82) is 0 Å². The number of rotatable bonds is 1. The number of carbonyl (C=O) groups is 2. The summed E-state index contributed by atoms with van der Waals surface area (Å²) in [6.45, 7) is 1.76. The maximum Gasteiger partial charge on any atom is 0.243 e. The van der Waals surface area contributed by atoms with E-state index < -0.39 is 0 Å². The molecule has 1 fully saturated rings. The van der Waals surface area contributed by atoms with Crippen LogP contribution >= 0.6 is 11.8 Å². The van der Waals surface area contributed by atoms with E-state index >= 15 is 0 Å². The predicted octanol–water partition coefficient (Wildman–Crippen LogP) is 1.31. The molecule has 0 aromatic heterocycles. The van der Waals surface area contributed by atoms with Gasteiger partial charge < -0.3 is 5.11 Å². The highest BCUT2D eigenvalue weighted by molar-refractivity contribution is 8.00. The van der Waals surface area contributed by atoms with Crippen molar-refractivity contribution in [3.63, 3.8) is 0 Å². The van der Waals surface area contributed by atoms with Gasteiger partial charge in [0.15, 0.2) is 0 Å². The Bertz CT molecular complexity index is 443. The highest BCUT2D eigenvalue weighted by Crippen LogP contribution is 2.26. The second kappa shape index (κ2) is 4.17. The van der Waals surface area contributed by atoms with Gasteiger partial charge in [-0.3, -0.25) is 9.59 Å². The largest absolute Gasteiger partial charge is 0.508 e. The number of anilines is 1. The van der Waals surface area contributed by atoms with Crippen molar-refractivity contribution in [2.75, 3.05) is 16.4 Å². The van der Waals surface area contributed by atoms with Crippen LogP contribution in [0, 0.1) is 6.92 Å². The Morgan fingerprint density at radius 1 is 1.25 bits per heavy atom. The average molecular weight is 237 g/mol. The lowest BCUT2D eigenvalue weighted by molar-refractivity contribution is -0.124. The number of amides is 2. The lowest BCUT2D eigenvalue weighted by Gasteiger charge is -2.24. The molecule has 1 aliphatic heterocycles. The van der Waals surface area contributed by atoms with Gasteiger partial charge in [0.05, 0.1) is 17.2 Å². The third-order valence-corrected chi connectivity index (χ3v) is 3.30. The number of carbonyl (C=O) groups excluding carboxylic acids is 2. The summed E-state index contributed by atoms with van der Waals surface area (Å²) in [6.07, 6.45) is 0. The minimum atomic E-state index is -0.232. The summed E-state index contributed by atoms with van der Waals surface area (Å²) >= 11 is 1.31. The van der Waals surface area contributed by atoms with E-state index in [-0.39, 0.29) is 17.6 Å². The maximum atomic E-state index is 11.6. The van der Waals surface area contributed by atoms with E-state index in [1.807, 2.05) is 0 Å². The number of phenolic OH excluding ortho intramolecular Hbond substituents is 1. The lowest BCUT2D eigenvalue weighted by Crippen LogP contribution is -2.43. The lowest BCUT2D eigenvalue weighted by atomic mass is 10.2. The number of aromatic hydroxyl groups is 1. The first-order valence-electron chi connectivity index (χ1n) is 4.83. The molecule has 1 aliphatic rings. The van der Waals surface area contributed by atoms with Crippen LogP contribution in [-0.2, 0) is 9.59 Å². The number of benzene rings is 1. The van der Waals surface area contributed by atoms with Crippen LogP contribution in [0.2, 0.25) is 0 Å². The molecule has 1 aromatic carbocycles. The van der Waals surface area contributed by atoms with E-state index in [9.17, 15) is 14.7 Å². The molecule has 0 aliphatic carbocycles. The molecule has 5 heteroatoms. The van der Waals surface area contributed by atoms with Gasteiger partial charge in [-0.1, -0.05) is 6.07 Å². The molecule has 0 bridgehead atoms. The normalized spacial score (nSPS) is 16.7. The molecule has 1 N–H and O–H groups in total. The number of hydrogen-bond donors (Lipinski definition) is 1. The molecule has 1 saturated heterocycles. The summed E-state index contributed by atoms with van der Waals surface area (Å²) in [5.74, 6) is 0.242. The van der Waals surface area contributed by atoms with Gasteiger partial charge >= 0.3 is 0 Å². The molecule has 0 saturated carbocycles. The third-order valence-electron chi connectivity index (χ3n) is 2.40.